The Morgan fingerprint density at radius 1 is 1.07 bits per heavy atom. The van der Waals surface area contributed by atoms with E-state index < -0.39 is 41.7 Å². The van der Waals surface area contributed by atoms with E-state index >= 15 is 0 Å². The quantitative estimate of drug-likeness (QED) is 0.599. The number of aryl methyl sites for hydroxylation is 1. The molecule has 0 aliphatic rings. The fourth-order valence-corrected chi connectivity index (χ4v) is 3.38. The summed E-state index contributed by atoms with van der Waals surface area (Å²) in [7, 11) is -2.66. The molecule has 162 valence electrons. The number of anilines is 1. The number of amides is 1. The van der Waals surface area contributed by atoms with E-state index in [1.807, 2.05) is 6.92 Å². The highest BCUT2D eigenvalue weighted by Gasteiger charge is 2.23. The van der Waals surface area contributed by atoms with Crippen molar-refractivity contribution in [2.75, 3.05) is 25.5 Å². The van der Waals surface area contributed by atoms with E-state index in [-0.39, 0.29) is 16.3 Å². The fourth-order valence-electron chi connectivity index (χ4n) is 2.27. The van der Waals surface area contributed by atoms with Gasteiger partial charge in [0.15, 0.2) is 6.61 Å². The largest absolute Gasteiger partial charge is 0.455 e. The van der Waals surface area contributed by atoms with Crippen LogP contribution in [0.3, 0.4) is 0 Å². The van der Waals surface area contributed by atoms with Crippen molar-refractivity contribution in [1.29, 1.82) is 0 Å². The second kappa shape index (κ2) is 10.1. The molecule has 2 rings (SSSR count). The second-order valence-electron chi connectivity index (χ2n) is 6.19. The maximum absolute atomic E-state index is 12.4. The number of sulfonamides is 1. The molecule has 0 heterocycles. The van der Waals surface area contributed by atoms with Gasteiger partial charge >= 0.3 is 12.6 Å². The van der Waals surface area contributed by atoms with Crippen LogP contribution in [0.25, 0.3) is 0 Å². The molecule has 0 bridgehead atoms. The van der Waals surface area contributed by atoms with Crippen molar-refractivity contribution in [3.8, 4) is 5.75 Å². The number of benzene rings is 2. The average Bonchev–Trinajstić information content (AvgIpc) is 2.68. The molecule has 8 nitrogen and oxygen atoms in total. The average molecular weight is 442 g/mol. The maximum Gasteiger partial charge on any atom is 0.387 e. The summed E-state index contributed by atoms with van der Waals surface area (Å²) >= 11 is 0. The highest BCUT2D eigenvalue weighted by atomic mass is 32.2. The second-order valence-corrected chi connectivity index (χ2v) is 8.23. The molecule has 1 N–H and O–H groups in total. The van der Waals surface area contributed by atoms with E-state index in [1.54, 1.807) is 12.1 Å². The molecule has 0 aliphatic carbocycles. The van der Waals surface area contributed by atoms with Crippen molar-refractivity contribution in [3.05, 3.63) is 54.1 Å². The van der Waals surface area contributed by atoms with Crippen LogP contribution < -0.4 is 10.1 Å². The van der Waals surface area contributed by atoms with Gasteiger partial charge in [-0.05, 0) is 43.3 Å². The summed E-state index contributed by atoms with van der Waals surface area (Å²) < 4.78 is 58.9. The molecule has 0 fully saturated rings. The number of carbonyl (C=O) groups excluding carboxylic acids is 2. The van der Waals surface area contributed by atoms with E-state index in [2.05, 4.69) is 10.1 Å². The van der Waals surface area contributed by atoms with Crippen molar-refractivity contribution < 1.29 is 36.3 Å². The third kappa shape index (κ3) is 6.78. The molecule has 0 unspecified atom stereocenters. The van der Waals surface area contributed by atoms with Gasteiger partial charge < -0.3 is 14.8 Å². The molecule has 0 atom stereocenters. The summed E-state index contributed by atoms with van der Waals surface area (Å²) in [6, 6.07) is 11.3. The summed E-state index contributed by atoms with van der Waals surface area (Å²) in [6.45, 7) is -2.37. The molecular weight excluding hydrogens is 422 g/mol. The van der Waals surface area contributed by atoms with Gasteiger partial charge in [0.05, 0.1) is 4.90 Å². The van der Waals surface area contributed by atoms with E-state index in [0.29, 0.717) is 0 Å². The molecule has 0 aliphatic heterocycles. The van der Waals surface area contributed by atoms with Crippen LogP contribution >= 0.6 is 0 Å². The number of nitrogens with zero attached hydrogens (tertiary/aromatic N) is 1. The Labute approximate surface area is 172 Å². The van der Waals surface area contributed by atoms with Crippen LogP contribution in [0.4, 0.5) is 14.5 Å². The van der Waals surface area contributed by atoms with Crippen LogP contribution in [0.5, 0.6) is 5.75 Å². The number of likely N-dealkylation sites (N-methyl/N-ethyl adjacent to an activating group) is 1. The van der Waals surface area contributed by atoms with Crippen molar-refractivity contribution >= 4 is 27.6 Å². The SMILES string of the molecule is Cc1ccc(S(=O)(=O)N(C)CC(=O)OCC(=O)Nc2ccc(OC(F)F)cc2)cc1. The lowest BCUT2D eigenvalue weighted by molar-refractivity contribution is -0.147. The molecular formula is C19H20F2N2O6S. The molecule has 0 spiro atoms. The van der Waals surface area contributed by atoms with Crippen LogP contribution in [0, 0.1) is 6.92 Å². The molecule has 1 amide bonds. The Kier molecular flexibility index (Phi) is 7.84. The topological polar surface area (TPSA) is 102 Å². The Bertz CT molecular complexity index is 979. The standard InChI is InChI=1S/C19H20F2N2O6S/c1-13-3-9-16(10-4-13)30(26,27)23(2)11-18(25)28-12-17(24)22-14-5-7-15(8-6-14)29-19(20)21/h3-10,19H,11-12H2,1-2H3,(H,22,24). The Balaban J connectivity index is 1.83. The van der Waals surface area contributed by atoms with E-state index in [9.17, 15) is 26.8 Å². The number of halogens is 2. The number of rotatable bonds is 9. The van der Waals surface area contributed by atoms with Crippen LogP contribution in [-0.2, 0) is 24.3 Å². The predicted molar refractivity (Wildman–Crippen MR) is 104 cm³/mol. The predicted octanol–water partition coefficient (Wildman–Crippen LogP) is 2.40. The number of hydrogen-bond acceptors (Lipinski definition) is 6. The maximum atomic E-state index is 12.4. The zero-order valence-electron chi connectivity index (χ0n) is 16.2. The molecule has 0 radical (unpaired) electrons. The number of alkyl halides is 2. The lowest BCUT2D eigenvalue weighted by Crippen LogP contribution is -2.34. The van der Waals surface area contributed by atoms with Gasteiger partial charge in [-0.25, -0.2) is 8.42 Å². The Hall–Kier alpha value is -3.05. The van der Waals surface area contributed by atoms with Crippen molar-refractivity contribution in [3.63, 3.8) is 0 Å². The van der Waals surface area contributed by atoms with Crippen LogP contribution in [0.2, 0.25) is 0 Å². The minimum Gasteiger partial charge on any atom is -0.455 e. The van der Waals surface area contributed by atoms with Crippen LogP contribution in [-0.4, -0.2) is 51.4 Å². The van der Waals surface area contributed by atoms with E-state index in [1.165, 1.54) is 43.4 Å². The zero-order chi connectivity index (χ0) is 22.3. The molecule has 2 aromatic carbocycles. The summed E-state index contributed by atoms with van der Waals surface area (Å²) in [5.74, 6) is -1.67. The number of hydrogen-bond donors (Lipinski definition) is 1. The highest BCUT2D eigenvalue weighted by molar-refractivity contribution is 7.89. The molecule has 2 aromatic rings. The smallest absolute Gasteiger partial charge is 0.387 e. The summed E-state index contributed by atoms with van der Waals surface area (Å²) in [5.41, 5.74) is 1.16. The number of ether oxygens (including phenoxy) is 2. The molecule has 11 heteroatoms. The van der Waals surface area contributed by atoms with Gasteiger partial charge in [-0.2, -0.15) is 13.1 Å². The first-order chi connectivity index (χ1) is 14.1. The lowest BCUT2D eigenvalue weighted by atomic mass is 10.2. The van der Waals surface area contributed by atoms with Gasteiger partial charge in [-0.15, -0.1) is 0 Å². The van der Waals surface area contributed by atoms with Gasteiger partial charge in [-0.1, -0.05) is 17.7 Å². The minimum atomic E-state index is -3.88. The van der Waals surface area contributed by atoms with Gasteiger partial charge in [0.1, 0.15) is 12.3 Å². The highest BCUT2D eigenvalue weighted by Crippen LogP contribution is 2.18. The first kappa shape index (κ1) is 23.2. The van der Waals surface area contributed by atoms with Crippen LogP contribution in [0.15, 0.2) is 53.4 Å². The third-order valence-electron chi connectivity index (χ3n) is 3.81. The first-order valence-corrected chi connectivity index (χ1v) is 10.1. The van der Waals surface area contributed by atoms with Gasteiger partial charge in [-0.3, -0.25) is 9.59 Å². The molecule has 0 saturated heterocycles. The minimum absolute atomic E-state index is 0.0282. The number of esters is 1. The van der Waals surface area contributed by atoms with Crippen LogP contribution in [0.1, 0.15) is 5.56 Å². The van der Waals surface area contributed by atoms with Crippen molar-refractivity contribution in [1.82, 2.24) is 4.31 Å². The van der Waals surface area contributed by atoms with Crippen molar-refractivity contribution in [2.24, 2.45) is 0 Å². The third-order valence-corrected chi connectivity index (χ3v) is 5.63. The normalized spacial score (nSPS) is 11.4. The molecule has 0 aromatic heterocycles. The fraction of sp³-hybridized carbons (Fsp3) is 0.263. The van der Waals surface area contributed by atoms with Gasteiger partial charge in [0, 0.05) is 12.7 Å². The van der Waals surface area contributed by atoms with E-state index in [0.717, 1.165) is 9.87 Å². The Morgan fingerprint density at radius 2 is 1.67 bits per heavy atom. The number of carbonyl (C=O) groups is 2. The summed E-state index contributed by atoms with van der Waals surface area (Å²) in [6.07, 6.45) is 0. The zero-order valence-corrected chi connectivity index (χ0v) is 17.0. The molecule has 0 saturated carbocycles. The van der Waals surface area contributed by atoms with Crippen molar-refractivity contribution in [2.45, 2.75) is 18.4 Å². The molecule has 30 heavy (non-hydrogen) atoms. The summed E-state index contributed by atoms with van der Waals surface area (Å²) in [4.78, 5) is 23.8. The summed E-state index contributed by atoms with van der Waals surface area (Å²) in [5, 5.41) is 2.40. The monoisotopic (exact) mass is 442 g/mol. The first-order valence-electron chi connectivity index (χ1n) is 8.61. The number of nitrogens with one attached hydrogen (secondary N) is 1. The Morgan fingerprint density at radius 3 is 2.23 bits per heavy atom. The lowest BCUT2D eigenvalue weighted by Gasteiger charge is -2.16. The van der Waals surface area contributed by atoms with E-state index in [4.69, 9.17) is 4.74 Å². The van der Waals surface area contributed by atoms with Gasteiger partial charge in [0.2, 0.25) is 10.0 Å². The van der Waals surface area contributed by atoms with Gasteiger partial charge in [0.25, 0.3) is 5.91 Å².